The minimum Gasteiger partial charge on any atom is -0.508 e. The van der Waals surface area contributed by atoms with Crippen LogP contribution in [-0.4, -0.2) is 10.2 Å². The zero-order valence-electron chi connectivity index (χ0n) is 7.37. The van der Waals surface area contributed by atoms with Crippen LogP contribution in [0.1, 0.15) is 5.56 Å². The molecule has 2 nitrogen and oxygen atoms in total. The Morgan fingerprint density at radius 2 is 1.86 bits per heavy atom. The fourth-order valence-corrected chi connectivity index (χ4v) is 2.31. The minimum absolute atomic E-state index is 0.252. The number of aromatic hydroxyl groups is 2. The summed E-state index contributed by atoms with van der Waals surface area (Å²) in [6, 6.07) is 8.64. The van der Waals surface area contributed by atoms with Gasteiger partial charge in [-0.25, -0.2) is 0 Å². The van der Waals surface area contributed by atoms with Crippen molar-refractivity contribution in [2.75, 3.05) is 0 Å². The van der Waals surface area contributed by atoms with Crippen molar-refractivity contribution >= 4 is 33.4 Å². The lowest BCUT2D eigenvalue weighted by molar-refractivity contribution is 0.471. The lowest BCUT2D eigenvalue weighted by Gasteiger charge is -2.06. The summed E-state index contributed by atoms with van der Waals surface area (Å²) in [6.07, 6.45) is 0. The smallest absolute Gasteiger partial charge is 0.120 e. The molecule has 0 saturated heterocycles. The van der Waals surface area contributed by atoms with E-state index >= 15 is 0 Å². The van der Waals surface area contributed by atoms with Gasteiger partial charge in [-0.15, -0.1) is 0 Å². The molecule has 0 radical (unpaired) electrons. The summed E-state index contributed by atoms with van der Waals surface area (Å²) in [5, 5.41) is 20.9. The van der Waals surface area contributed by atoms with Gasteiger partial charge in [0.25, 0.3) is 0 Å². The number of fused-ring (bicyclic) bond motifs is 1. The third-order valence-electron chi connectivity index (χ3n) is 2.22. The van der Waals surface area contributed by atoms with E-state index in [1.807, 2.05) is 6.07 Å². The first-order valence-corrected chi connectivity index (χ1v) is 5.74. The number of benzene rings is 2. The highest BCUT2D eigenvalue weighted by Gasteiger charge is 2.05. The van der Waals surface area contributed by atoms with Gasteiger partial charge in [-0.05, 0) is 29.0 Å². The van der Waals surface area contributed by atoms with E-state index in [-0.39, 0.29) is 5.75 Å². The highest BCUT2D eigenvalue weighted by molar-refractivity contribution is 14.1. The first-order chi connectivity index (χ1) is 6.72. The van der Waals surface area contributed by atoms with Gasteiger partial charge in [0, 0.05) is 9.99 Å². The van der Waals surface area contributed by atoms with Crippen LogP contribution in [0.15, 0.2) is 30.3 Å². The molecule has 0 unspecified atom stereocenters. The van der Waals surface area contributed by atoms with Crippen molar-refractivity contribution in [2.45, 2.75) is 4.43 Å². The van der Waals surface area contributed by atoms with Crippen molar-refractivity contribution in [3.63, 3.8) is 0 Å². The van der Waals surface area contributed by atoms with Gasteiger partial charge in [0.15, 0.2) is 0 Å². The maximum absolute atomic E-state index is 9.61. The van der Waals surface area contributed by atoms with Gasteiger partial charge in [-0.3, -0.25) is 0 Å². The molecule has 0 aliphatic heterocycles. The van der Waals surface area contributed by atoms with E-state index in [0.29, 0.717) is 5.75 Å². The monoisotopic (exact) mass is 300 g/mol. The summed E-state index contributed by atoms with van der Waals surface area (Å²) in [5.41, 5.74) is 0.920. The van der Waals surface area contributed by atoms with Gasteiger partial charge in [-0.2, -0.15) is 0 Å². The standard InChI is InChI=1S/C11H9IO2/c12-6-10-9-3-2-8(13)5-7(9)1-4-11(10)14/h1-5,13-14H,6H2. The molecule has 0 amide bonds. The van der Waals surface area contributed by atoms with Gasteiger partial charge in [0.1, 0.15) is 11.5 Å². The molecule has 0 fully saturated rings. The molecule has 0 spiro atoms. The molecule has 0 heterocycles. The molecule has 0 atom stereocenters. The number of phenols is 2. The highest BCUT2D eigenvalue weighted by Crippen LogP contribution is 2.30. The Bertz CT molecular complexity index is 480. The number of rotatable bonds is 1. The second-order valence-electron chi connectivity index (χ2n) is 3.10. The molecule has 2 aromatic rings. The molecule has 0 bridgehead atoms. The van der Waals surface area contributed by atoms with Crippen molar-refractivity contribution in [1.82, 2.24) is 0 Å². The average molecular weight is 300 g/mol. The van der Waals surface area contributed by atoms with Crippen LogP contribution in [-0.2, 0) is 4.43 Å². The Hall–Kier alpha value is -0.970. The van der Waals surface area contributed by atoms with E-state index < -0.39 is 0 Å². The molecule has 0 aromatic heterocycles. The Morgan fingerprint density at radius 1 is 1.07 bits per heavy atom. The average Bonchev–Trinajstić information content (AvgIpc) is 2.18. The number of alkyl halides is 1. The maximum Gasteiger partial charge on any atom is 0.120 e. The SMILES string of the molecule is Oc1ccc2c(CI)c(O)ccc2c1. The summed E-state index contributed by atoms with van der Waals surface area (Å²) < 4.78 is 0.756. The van der Waals surface area contributed by atoms with E-state index in [9.17, 15) is 10.2 Å². The van der Waals surface area contributed by atoms with Crippen molar-refractivity contribution < 1.29 is 10.2 Å². The molecule has 0 aliphatic carbocycles. The normalized spacial score (nSPS) is 10.6. The van der Waals surface area contributed by atoms with Crippen molar-refractivity contribution in [1.29, 1.82) is 0 Å². The minimum atomic E-state index is 0.252. The van der Waals surface area contributed by atoms with E-state index in [1.54, 1.807) is 24.3 Å². The zero-order valence-corrected chi connectivity index (χ0v) is 9.52. The summed E-state index contributed by atoms with van der Waals surface area (Å²) in [5.74, 6) is 0.570. The predicted molar refractivity (Wildman–Crippen MR) is 65.0 cm³/mol. The third kappa shape index (κ3) is 1.52. The van der Waals surface area contributed by atoms with Crippen molar-refractivity contribution in [3.05, 3.63) is 35.9 Å². The van der Waals surface area contributed by atoms with Gasteiger partial charge < -0.3 is 10.2 Å². The van der Waals surface area contributed by atoms with Crippen LogP contribution in [0.25, 0.3) is 10.8 Å². The molecule has 2 aromatic carbocycles. The summed E-state index contributed by atoms with van der Waals surface area (Å²) in [4.78, 5) is 0. The molecule has 0 saturated carbocycles. The van der Waals surface area contributed by atoms with Crippen LogP contribution in [0.3, 0.4) is 0 Å². The fourth-order valence-electron chi connectivity index (χ4n) is 1.51. The Morgan fingerprint density at radius 3 is 2.57 bits per heavy atom. The Kier molecular flexibility index (Phi) is 2.50. The van der Waals surface area contributed by atoms with E-state index in [1.165, 1.54) is 0 Å². The summed E-state index contributed by atoms with van der Waals surface area (Å²) in [7, 11) is 0. The lowest BCUT2D eigenvalue weighted by Crippen LogP contribution is -1.82. The van der Waals surface area contributed by atoms with Crippen molar-refractivity contribution in [3.8, 4) is 11.5 Å². The number of halogens is 1. The summed E-state index contributed by atoms with van der Waals surface area (Å²) >= 11 is 2.21. The molecule has 0 aliphatic rings. The number of phenolic OH excluding ortho intramolecular Hbond substituents is 2. The largest absolute Gasteiger partial charge is 0.508 e. The van der Waals surface area contributed by atoms with E-state index in [4.69, 9.17) is 0 Å². The van der Waals surface area contributed by atoms with Crippen LogP contribution < -0.4 is 0 Å². The maximum atomic E-state index is 9.61. The first kappa shape index (κ1) is 9.58. The van der Waals surface area contributed by atoms with Crippen LogP contribution in [0.2, 0.25) is 0 Å². The highest BCUT2D eigenvalue weighted by atomic mass is 127. The first-order valence-electron chi connectivity index (χ1n) is 4.22. The van der Waals surface area contributed by atoms with Gasteiger partial charge in [-0.1, -0.05) is 34.7 Å². The molecule has 3 heteroatoms. The van der Waals surface area contributed by atoms with Crippen LogP contribution >= 0.6 is 22.6 Å². The van der Waals surface area contributed by atoms with E-state index in [2.05, 4.69) is 22.6 Å². The number of hydrogen-bond donors (Lipinski definition) is 2. The van der Waals surface area contributed by atoms with Crippen LogP contribution in [0.5, 0.6) is 11.5 Å². The van der Waals surface area contributed by atoms with Crippen LogP contribution in [0, 0.1) is 0 Å². The lowest BCUT2D eigenvalue weighted by atomic mass is 10.0. The van der Waals surface area contributed by atoms with E-state index in [0.717, 1.165) is 20.8 Å². The second-order valence-corrected chi connectivity index (χ2v) is 3.87. The Labute approximate surface area is 95.3 Å². The quantitative estimate of drug-likeness (QED) is 0.627. The number of hydrogen-bond acceptors (Lipinski definition) is 2. The van der Waals surface area contributed by atoms with Gasteiger partial charge >= 0.3 is 0 Å². The second kappa shape index (κ2) is 3.65. The molecular formula is C11H9IO2. The zero-order chi connectivity index (χ0) is 10.1. The topological polar surface area (TPSA) is 40.5 Å². The predicted octanol–water partition coefficient (Wildman–Crippen LogP) is 3.19. The van der Waals surface area contributed by atoms with Crippen LogP contribution in [0.4, 0.5) is 0 Å². The molecule has 72 valence electrons. The molecule has 2 N–H and O–H groups in total. The molecule has 14 heavy (non-hydrogen) atoms. The van der Waals surface area contributed by atoms with Crippen molar-refractivity contribution in [2.24, 2.45) is 0 Å². The van der Waals surface area contributed by atoms with Gasteiger partial charge in [0.05, 0.1) is 0 Å². The molecule has 2 rings (SSSR count). The fraction of sp³-hybridized carbons (Fsp3) is 0.0909. The third-order valence-corrected chi connectivity index (χ3v) is 2.99. The van der Waals surface area contributed by atoms with Gasteiger partial charge in [0.2, 0.25) is 0 Å². The molecular weight excluding hydrogens is 291 g/mol. The summed E-state index contributed by atoms with van der Waals surface area (Å²) in [6.45, 7) is 0. The Balaban J connectivity index is 2.82.